The minimum absolute atomic E-state index is 0.269. The van der Waals surface area contributed by atoms with Crippen LogP contribution in [-0.2, 0) is 10.0 Å². The van der Waals surface area contributed by atoms with Gasteiger partial charge in [0, 0.05) is 5.25 Å². The van der Waals surface area contributed by atoms with Gasteiger partial charge in [-0.2, -0.15) is 0 Å². The van der Waals surface area contributed by atoms with Crippen LogP contribution in [0.2, 0.25) is 0 Å². The highest BCUT2D eigenvalue weighted by Crippen LogP contribution is 2.20. The quantitative estimate of drug-likeness (QED) is 0.891. The van der Waals surface area contributed by atoms with E-state index in [-0.39, 0.29) is 4.90 Å². The highest BCUT2D eigenvalue weighted by Gasteiger charge is 2.21. The number of benzene rings is 1. The third kappa shape index (κ3) is 3.01. The van der Waals surface area contributed by atoms with E-state index in [1.165, 1.54) is 11.8 Å². The second kappa shape index (κ2) is 4.70. The van der Waals surface area contributed by atoms with Crippen molar-refractivity contribution in [2.75, 3.05) is 6.54 Å². The summed E-state index contributed by atoms with van der Waals surface area (Å²) < 4.78 is 26.5. The van der Waals surface area contributed by atoms with Crippen molar-refractivity contribution in [1.29, 1.82) is 0 Å². The summed E-state index contributed by atoms with van der Waals surface area (Å²) in [6.07, 6.45) is 0. The van der Waals surface area contributed by atoms with Gasteiger partial charge in [0.05, 0.1) is 11.4 Å². The molecule has 0 amide bonds. The van der Waals surface area contributed by atoms with Crippen molar-refractivity contribution < 1.29 is 8.42 Å². The van der Waals surface area contributed by atoms with E-state index in [2.05, 4.69) is 9.71 Å². The van der Waals surface area contributed by atoms with Crippen LogP contribution in [0.3, 0.4) is 0 Å². The molecule has 0 saturated carbocycles. The number of hydrogen-bond acceptors (Lipinski definition) is 4. The molecule has 1 atom stereocenters. The predicted octanol–water partition coefficient (Wildman–Crippen LogP) is 1.76. The smallest absolute Gasteiger partial charge is 0.261 e. The molecule has 0 aliphatic carbocycles. The van der Waals surface area contributed by atoms with E-state index in [1.54, 1.807) is 24.3 Å². The van der Waals surface area contributed by atoms with Crippen molar-refractivity contribution in [3.05, 3.63) is 29.8 Å². The maximum absolute atomic E-state index is 12.0. The molecule has 0 aromatic heterocycles. The van der Waals surface area contributed by atoms with Crippen LogP contribution >= 0.6 is 11.8 Å². The van der Waals surface area contributed by atoms with Crippen molar-refractivity contribution in [2.24, 2.45) is 4.99 Å². The fourth-order valence-corrected chi connectivity index (χ4v) is 3.53. The second-order valence-corrected chi connectivity index (χ2v) is 7.10. The van der Waals surface area contributed by atoms with Gasteiger partial charge in [-0.05, 0) is 19.1 Å². The molecule has 0 bridgehead atoms. The van der Waals surface area contributed by atoms with Gasteiger partial charge in [0.1, 0.15) is 0 Å². The van der Waals surface area contributed by atoms with Gasteiger partial charge in [-0.25, -0.2) is 8.42 Å². The molecule has 1 heterocycles. The average molecular weight is 270 g/mol. The van der Waals surface area contributed by atoms with E-state index < -0.39 is 10.0 Å². The number of nitrogens with one attached hydrogen (secondary N) is 1. The number of rotatable bonds is 2. The molecule has 4 nitrogen and oxygen atoms in total. The summed E-state index contributed by atoms with van der Waals surface area (Å²) in [7, 11) is -3.49. The average Bonchev–Trinajstić information content (AvgIpc) is 2.63. The zero-order valence-electron chi connectivity index (χ0n) is 9.67. The Morgan fingerprint density at radius 2 is 2.00 bits per heavy atom. The molecular formula is C11H14N2O2S2. The van der Waals surface area contributed by atoms with Crippen LogP contribution in [-0.4, -0.2) is 25.4 Å². The van der Waals surface area contributed by atoms with Gasteiger partial charge in [0.25, 0.3) is 10.0 Å². The lowest BCUT2D eigenvalue weighted by Gasteiger charge is -2.07. The normalized spacial score (nSPS) is 20.1. The van der Waals surface area contributed by atoms with E-state index in [9.17, 15) is 8.42 Å². The lowest BCUT2D eigenvalue weighted by molar-refractivity contribution is 0.593. The summed E-state index contributed by atoms with van der Waals surface area (Å²) in [5.41, 5.74) is 1.03. The Kier molecular flexibility index (Phi) is 3.44. The summed E-state index contributed by atoms with van der Waals surface area (Å²) in [5.74, 6) is 0. The molecule has 1 N–H and O–H groups in total. The SMILES string of the molecule is Cc1ccc(S(=O)(=O)NC2=NCC(C)S2)cc1. The lowest BCUT2D eigenvalue weighted by atomic mass is 10.2. The fourth-order valence-electron chi connectivity index (χ4n) is 1.42. The standard InChI is InChI=1S/C11H14N2O2S2/c1-8-3-5-10(6-4-8)17(14,15)13-11-12-7-9(2)16-11/h3-6,9H,7H2,1-2H3,(H,12,13). The van der Waals surface area contributed by atoms with Crippen LogP contribution in [0.25, 0.3) is 0 Å². The first kappa shape index (κ1) is 12.4. The van der Waals surface area contributed by atoms with E-state index >= 15 is 0 Å². The summed E-state index contributed by atoms with van der Waals surface area (Å²) in [6.45, 7) is 4.60. The maximum atomic E-state index is 12.0. The summed E-state index contributed by atoms with van der Waals surface area (Å²) in [5, 5.41) is 0.823. The molecular weight excluding hydrogens is 256 g/mol. The zero-order chi connectivity index (χ0) is 12.5. The number of aliphatic imine (C=N–C) groups is 1. The van der Waals surface area contributed by atoms with Gasteiger partial charge in [-0.15, -0.1) is 0 Å². The first-order valence-electron chi connectivity index (χ1n) is 5.28. The van der Waals surface area contributed by atoms with Gasteiger partial charge in [-0.1, -0.05) is 36.4 Å². The summed E-state index contributed by atoms with van der Waals surface area (Å²) in [4.78, 5) is 4.40. The van der Waals surface area contributed by atoms with Gasteiger partial charge < -0.3 is 0 Å². The summed E-state index contributed by atoms with van der Waals surface area (Å²) in [6, 6.07) is 6.75. The van der Waals surface area contributed by atoms with E-state index in [0.717, 1.165) is 5.56 Å². The van der Waals surface area contributed by atoms with Crippen LogP contribution in [0.1, 0.15) is 12.5 Å². The molecule has 92 valence electrons. The minimum Gasteiger partial charge on any atom is -0.261 e. The van der Waals surface area contributed by atoms with Crippen LogP contribution in [0, 0.1) is 6.92 Å². The highest BCUT2D eigenvalue weighted by atomic mass is 32.2. The van der Waals surface area contributed by atoms with Gasteiger partial charge in [0.15, 0.2) is 5.17 Å². The number of amidine groups is 1. The molecule has 0 fully saturated rings. The molecule has 0 saturated heterocycles. The minimum atomic E-state index is -3.49. The Morgan fingerprint density at radius 3 is 2.53 bits per heavy atom. The molecule has 0 radical (unpaired) electrons. The number of sulfonamides is 1. The molecule has 1 aliphatic rings. The molecule has 0 spiro atoms. The van der Waals surface area contributed by atoms with E-state index in [0.29, 0.717) is 17.0 Å². The fraction of sp³-hybridized carbons (Fsp3) is 0.364. The molecule has 1 aromatic carbocycles. The van der Waals surface area contributed by atoms with E-state index in [4.69, 9.17) is 0 Å². The number of thioether (sulfide) groups is 1. The number of nitrogens with zero attached hydrogens (tertiary/aromatic N) is 1. The van der Waals surface area contributed by atoms with Crippen molar-refractivity contribution in [2.45, 2.75) is 24.0 Å². The largest absolute Gasteiger partial charge is 0.263 e. The summed E-state index contributed by atoms with van der Waals surface area (Å²) >= 11 is 1.45. The molecule has 2 rings (SSSR count). The Bertz CT molecular complexity index is 535. The van der Waals surface area contributed by atoms with Crippen LogP contribution in [0.15, 0.2) is 34.2 Å². The molecule has 17 heavy (non-hydrogen) atoms. The van der Waals surface area contributed by atoms with Gasteiger partial charge in [-0.3, -0.25) is 9.71 Å². The van der Waals surface area contributed by atoms with Crippen LogP contribution in [0.4, 0.5) is 0 Å². The predicted molar refractivity (Wildman–Crippen MR) is 70.9 cm³/mol. The second-order valence-electron chi connectivity index (χ2n) is 3.99. The molecule has 6 heteroatoms. The number of aryl methyl sites for hydroxylation is 1. The van der Waals surface area contributed by atoms with Crippen molar-refractivity contribution in [3.8, 4) is 0 Å². The number of hydrogen-bond donors (Lipinski definition) is 1. The zero-order valence-corrected chi connectivity index (χ0v) is 11.3. The monoisotopic (exact) mass is 270 g/mol. The molecule has 1 aliphatic heterocycles. The van der Waals surface area contributed by atoms with Crippen LogP contribution < -0.4 is 4.72 Å². The third-order valence-electron chi connectivity index (χ3n) is 2.36. The van der Waals surface area contributed by atoms with Crippen molar-refractivity contribution in [1.82, 2.24) is 4.72 Å². The Labute approximate surface area is 106 Å². The third-order valence-corrected chi connectivity index (χ3v) is 4.85. The topological polar surface area (TPSA) is 58.5 Å². The Hall–Kier alpha value is -1.01. The first-order chi connectivity index (χ1) is 7.97. The first-order valence-corrected chi connectivity index (χ1v) is 7.64. The lowest BCUT2D eigenvalue weighted by Crippen LogP contribution is -2.27. The van der Waals surface area contributed by atoms with Crippen LogP contribution in [0.5, 0.6) is 0 Å². The molecule has 1 aromatic rings. The molecule has 1 unspecified atom stereocenters. The van der Waals surface area contributed by atoms with Crippen molar-refractivity contribution in [3.63, 3.8) is 0 Å². The highest BCUT2D eigenvalue weighted by molar-refractivity contribution is 8.15. The van der Waals surface area contributed by atoms with Gasteiger partial charge >= 0.3 is 0 Å². The Balaban J connectivity index is 2.17. The Morgan fingerprint density at radius 1 is 1.35 bits per heavy atom. The van der Waals surface area contributed by atoms with Crippen molar-refractivity contribution >= 4 is 27.0 Å². The van der Waals surface area contributed by atoms with E-state index in [1.807, 2.05) is 13.8 Å². The van der Waals surface area contributed by atoms with Gasteiger partial charge in [0.2, 0.25) is 0 Å². The maximum Gasteiger partial charge on any atom is 0.263 e.